The predicted octanol–water partition coefficient (Wildman–Crippen LogP) is 2.18. The van der Waals surface area contributed by atoms with Crippen molar-refractivity contribution < 1.29 is 17.9 Å². The summed E-state index contributed by atoms with van der Waals surface area (Å²) in [6, 6.07) is 6.98. The molecular formula is C13H15F3N4O. The van der Waals surface area contributed by atoms with Crippen LogP contribution in [0.5, 0.6) is 5.75 Å². The molecule has 0 fully saturated rings. The molecule has 2 aromatic rings. The number of aryl methyl sites for hydroxylation is 2. The topological polar surface area (TPSA) is 65.1 Å². The molecule has 0 saturated heterocycles. The molecule has 0 aliphatic carbocycles. The van der Waals surface area contributed by atoms with Gasteiger partial charge in [0.2, 0.25) is 0 Å². The van der Waals surface area contributed by atoms with E-state index < -0.39 is 12.4 Å². The molecule has 1 heterocycles. The zero-order chi connectivity index (χ0) is 15.6. The van der Waals surface area contributed by atoms with E-state index in [0.717, 1.165) is 11.4 Å². The Morgan fingerprint density at radius 2 is 2.05 bits per heavy atom. The van der Waals surface area contributed by atoms with Crippen LogP contribution in [0, 0.1) is 6.92 Å². The highest BCUT2D eigenvalue weighted by molar-refractivity contribution is 5.35. The van der Waals surface area contributed by atoms with Crippen LogP contribution >= 0.6 is 0 Å². The molecule has 3 N–H and O–H groups in total. The Kier molecular flexibility index (Phi) is 4.19. The largest absolute Gasteiger partial charge is 0.573 e. The van der Waals surface area contributed by atoms with Crippen molar-refractivity contribution in [1.82, 2.24) is 15.2 Å². The molecule has 0 spiro atoms. The van der Waals surface area contributed by atoms with E-state index in [-0.39, 0.29) is 5.75 Å². The lowest BCUT2D eigenvalue weighted by Crippen LogP contribution is -2.30. The molecule has 114 valence electrons. The van der Waals surface area contributed by atoms with Crippen LogP contribution in [0.25, 0.3) is 0 Å². The first-order valence-corrected chi connectivity index (χ1v) is 6.12. The monoisotopic (exact) mass is 300 g/mol. The SMILES string of the molecule is Cc1cc(C(NN)c2cccc(OC(F)(F)F)c2)n(C)n1. The van der Waals surface area contributed by atoms with Crippen molar-refractivity contribution in [3.63, 3.8) is 0 Å². The first-order valence-electron chi connectivity index (χ1n) is 6.12. The van der Waals surface area contributed by atoms with Gasteiger partial charge in [0.05, 0.1) is 17.4 Å². The van der Waals surface area contributed by atoms with Crippen molar-refractivity contribution in [1.29, 1.82) is 0 Å². The number of benzene rings is 1. The van der Waals surface area contributed by atoms with Crippen LogP contribution in [-0.2, 0) is 7.05 Å². The second kappa shape index (κ2) is 5.74. The summed E-state index contributed by atoms with van der Waals surface area (Å²) in [5, 5.41) is 4.20. The molecule has 0 aliphatic heterocycles. The highest BCUT2D eigenvalue weighted by atomic mass is 19.4. The molecule has 21 heavy (non-hydrogen) atoms. The molecule has 0 aliphatic rings. The van der Waals surface area contributed by atoms with E-state index in [1.54, 1.807) is 17.8 Å². The van der Waals surface area contributed by atoms with Gasteiger partial charge >= 0.3 is 6.36 Å². The van der Waals surface area contributed by atoms with Gasteiger partial charge in [0.1, 0.15) is 5.75 Å². The van der Waals surface area contributed by atoms with Crippen LogP contribution in [0.15, 0.2) is 30.3 Å². The highest BCUT2D eigenvalue weighted by Gasteiger charge is 2.31. The minimum Gasteiger partial charge on any atom is -0.406 e. The lowest BCUT2D eigenvalue weighted by atomic mass is 10.0. The summed E-state index contributed by atoms with van der Waals surface area (Å²) in [7, 11) is 1.74. The fourth-order valence-electron chi connectivity index (χ4n) is 2.14. The Labute approximate surface area is 119 Å². The smallest absolute Gasteiger partial charge is 0.406 e. The van der Waals surface area contributed by atoms with Crippen molar-refractivity contribution in [2.75, 3.05) is 0 Å². The van der Waals surface area contributed by atoms with Crippen LogP contribution in [0.4, 0.5) is 13.2 Å². The van der Waals surface area contributed by atoms with Crippen LogP contribution in [0.2, 0.25) is 0 Å². The zero-order valence-electron chi connectivity index (χ0n) is 11.5. The number of alkyl halides is 3. The summed E-state index contributed by atoms with van der Waals surface area (Å²) in [5.41, 5.74) is 4.65. The van der Waals surface area contributed by atoms with Crippen molar-refractivity contribution in [2.45, 2.75) is 19.3 Å². The number of hydrazine groups is 1. The number of nitrogens with zero attached hydrogens (tertiary/aromatic N) is 2. The Bertz CT molecular complexity index is 624. The number of nitrogens with one attached hydrogen (secondary N) is 1. The molecule has 0 radical (unpaired) electrons. The molecule has 8 heteroatoms. The summed E-state index contributed by atoms with van der Waals surface area (Å²) in [6.07, 6.45) is -4.73. The lowest BCUT2D eigenvalue weighted by Gasteiger charge is -2.18. The molecule has 0 bridgehead atoms. The highest BCUT2D eigenvalue weighted by Crippen LogP contribution is 2.28. The van der Waals surface area contributed by atoms with E-state index in [4.69, 9.17) is 5.84 Å². The number of aromatic nitrogens is 2. The summed E-state index contributed by atoms with van der Waals surface area (Å²) in [4.78, 5) is 0. The van der Waals surface area contributed by atoms with E-state index >= 15 is 0 Å². The van der Waals surface area contributed by atoms with Crippen molar-refractivity contribution in [2.24, 2.45) is 12.9 Å². The van der Waals surface area contributed by atoms with Gasteiger partial charge in [-0.25, -0.2) is 5.43 Å². The average Bonchev–Trinajstić information content (AvgIpc) is 2.68. The van der Waals surface area contributed by atoms with E-state index in [9.17, 15) is 13.2 Å². The van der Waals surface area contributed by atoms with Gasteiger partial charge in [0.15, 0.2) is 0 Å². The molecule has 1 atom stereocenters. The summed E-state index contributed by atoms with van der Waals surface area (Å²) in [5.74, 6) is 5.25. The Morgan fingerprint density at radius 1 is 1.33 bits per heavy atom. The fourth-order valence-corrected chi connectivity index (χ4v) is 2.14. The molecule has 1 aromatic heterocycles. The third kappa shape index (κ3) is 3.73. The Hall–Kier alpha value is -2.06. The first-order chi connectivity index (χ1) is 9.80. The predicted molar refractivity (Wildman–Crippen MR) is 70.2 cm³/mol. The number of halogens is 3. The maximum atomic E-state index is 12.3. The number of hydrogen-bond donors (Lipinski definition) is 2. The molecular weight excluding hydrogens is 285 g/mol. The maximum Gasteiger partial charge on any atom is 0.573 e. The standard InChI is InChI=1S/C13H15F3N4O/c1-8-6-11(20(2)19-8)12(18-17)9-4-3-5-10(7-9)21-13(14,15)16/h3-7,12,18H,17H2,1-2H3. The number of ether oxygens (including phenoxy) is 1. The number of hydrogen-bond acceptors (Lipinski definition) is 4. The lowest BCUT2D eigenvalue weighted by molar-refractivity contribution is -0.274. The van der Waals surface area contributed by atoms with E-state index in [1.165, 1.54) is 18.2 Å². The minimum atomic E-state index is -4.73. The van der Waals surface area contributed by atoms with Gasteiger partial charge in [-0.3, -0.25) is 10.5 Å². The third-order valence-electron chi connectivity index (χ3n) is 2.93. The minimum absolute atomic E-state index is 0.292. The second-order valence-electron chi connectivity index (χ2n) is 4.55. The molecule has 1 aromatic carbocycles. The Morgan fingerprint density at radius 3 is 2.57 bits per heavy atom. The van der Waals surface area contributed by atoms with Gasteiger partial charge in [-0.1, -0.05) is 12.1 Å². The zero-order valence-corrected chi connectivity index (χ0v) is 11.5. The van der Waals surface area contributed by atoms with E-state index in [1.807, 2.05) is 13.0 Å². The van der Waals surface area contributed by atoms with Crippen molar-refractivity contribution in [3.8, 4) is 5.75 Å². The van der Waals surface area contributed by atoms with Gasteiger partial charge in [-0.15, -0.1) is 13.2 Å². The van der Waals surface area contributed by atoms with Crippen molar-refractivity contribution >= 4 is 0 Å². The average molecular weight is 300 g/mol. The van der Waals surface area contributed by atoms with Gasteiger partial charge < -0.3 is 4.74 Å². The van der Waals surface area contributed by atoms with E-state index in [2.05, 4.69) is 15.3 Å². The summed E-state index contributed by atoms with van der Waals surface area (Å²) >= 11 is 0. The molecule has 1 unspecified atom stereocenters. The molecule has 0 amide bonds. The van der Waals surface area contributed by atoms with Crippen LogP contribution < -0.4 is 16.0 Å². The van der Waals surface area contributed by atoms with E-state index in [0.29, 0.717) is 5.56 Å². The molecule has 0 saturated carbocycles. The second-order valence-corrected chi connectivity index (χ2v) is 4.55. The van der Waals surface area contributed by atoms with Gasteiger partial charge in [-0.05, 0) is 30.7 Å². The quantitative estimate of drug-likeness (QED) is 0.671. The number of rotatable bonds is 4. The van der Waals surface area contributed by atoms with Gasteiger partial charge in [0.25, 0.3) is 0 Å². The summed E-state index contributed by atoms with van der Waals surface area (Å²) < 4.78 is 42.3. The fraction of sp³-hybridized carbons (Fsp3) is 0.308. The molecule has 2 rings (SSSR count). The first kappa shape index (κ1) is 15.3. The summed E-state index contributed by atoms with van der Waals surface area (Å²) in [6.45, 7) is 1.82. The van der Waals surface area contributed by atoms with Crippen LogP contribution in [-0.4, -0.2) is 16.1 Å². The van der Waals surface area contributed by atoms with Gasteiger partial charge in [0, 0.05) is 7.05 Å². The third-order valence-corrected chi connectivity index (χ3v) is 2.93. The van der Waals surface area contributed by atoms with Crippen LogP contribution in [0.3, 0.4) is 0 Å². The van der Waals surface area contributed by atoms with Crippen LogP contribution in [0.1, 0.15) is 23.0 Å². The van der Waals surface area contributed by atoms with Gasteiger partial charge in [-0.2, -0.15) is 5.10 Å². The molecule has 5 nitrogen and oxygen atoms in total. The van der Waals surface area contributed by atoms with Crippen molar-refractivity contribution in [3.05, 3.63) is 47.3 Å². The Balaban J connectivity index is 2.35. The normalized spacial score (nSPS) is 13.2. The maximum absolute atomic E-state index is 12.3. The number of nitrogens with two attached hydrogens (primary N) is 1.